The van der Waals surface area contributed by atoms with Gasteiger partial charge < -0.3 is 0 Å². The summed E-state index contributed by atoms with van der Waals surface area (Å²) in [6.45, 7) is 0.145. The molecule has 0 amide bonds. The Morgan fingerprint density at radius 1 is 1.29 bits per heavy atom. The highest BCUT2D eigenvalue weighted by molar-refractivity contribution is 7.92. The van der Waals surface area contributed by atoms with Crippen molar-refractivity contribution in [2.75, 3.05) is 18.1 Å². The molecule has 1 fully saturated rings. The molecule has 0 aliphatic carbocycles. The van der Waals surface area contributed by atoms with Crippen LogP contribution in [0.1, 0.15) is 12.0 Å². The number of benzene rings is 1. The molecule has 0 spiro atoms. The van der Waals surface area contributed by atoms with Crippen molar-refractivity contribution in [2.24, 2.45) is 5.92 Å². The third-order valence-electron chi connectivity index (χ3n) is 3.21. The molecule has 5 nitrogen and oxygen atoms in total. The number of halogens is 1. The average Bonchev–Trinajstić information content (AvgIpc) is 2.76. The van der Waals surface area contributed by atoms with E-state index in [1.165, 1.54) is 6.08 Å². The normalized spacial score (nSPS) is 21.9. The highest BCUT2D eigenvalue weighted by Gasteiger charge is 2.28. The number of hydrogen-bond donors (Lipinski definition) is 1. The lowest BCUT2D eigenvalue weighted by Gasteiger charge is -2.07. The van der Waals surface area contributed by atoms with Crippen molar-refractivity contribution in [1.29, 1.82) is 0 Å². The van der Waals surface area contributed by atoms with E-state index in [1.807, 2.05) is 0 Å². The highest BCUT2D eigenvalue weighted by Crippen LogP contribution is 2.17. The summed E-state index contributed by atoms with van der Waals surface area (Å²) in [5.74, 6) is 0.0462. The Morgan fingerprint density at radius 3 is 2.52 bits per heavy atom. The molecular formula is C13H16ClNO4S2. The second-order valence-corrected chi connectivity index (χ2v) is 9.33. The number of nitrogens with one attached hydrogen (secondary N) is 1. The fraction of sp³-hybridized carbons (Fsp3) is 0.385. The molecule has 1 aliphatic heterocycles. The minimum Gasteiger partial charge on any atom is -0.229 e. The lowest BCUT2D eigenvalue weighted by atomic mass is 10.1. The quantitative estimate of drug-likeness (QED) is 0.876. The predicted molar refractivity (Wildman–Crippen MR) is 84.2 cm³/mol. The van der Waals surface area contributed by atoms with Crippen molar-refractivity contribution < 1.29 is 16.8 Å². The van der Waals surface area contributed by atoms with Crippen molar-refractivity contribution in [2.45, 2.75) is 6.42 Å². The highest BCUT2D eigenvalue weighted by atomic mass is 35.5. The summed E-state index contributed by atoms with van der Waals surface area (Å²) >= 11 is 5.74. The first kappa shape index (κ1) is 16.5. The number of sulfonamides is 1. The Morgan fingerprint density at radius 2 is 1.95 bits per heavy atom. The molecule has 116 valence electrons. The number of rotatable bonds is 5. The summed E-state index contributed by atoms with van der Waals surface area (Å²) < 4.78 is 48.6. The van der Waals surface area contributed by atoms with Crippen LogP contribution in [0, 0.1) is 5.92 Å². The van der Waals surface area contributed by atoms with Crippen LogP contribution in [0.15, 0.2) is 29.7 Å². The molecule has 8 heteroatoms. The van der Waals surface area contributed by atoms with E-state index in [1.54, 1.807) is 24.3 Å². The summed E-state index contributed by atoms with van der Waals surface area (Å²) in [4.78, 5) is 0. The van der Waals surface area contributed by atoms with E-state index in [0.29, 0.717) is 17.0 Å². The Kier molecular flexibility index (Phi) is 5.08. The van der Waals surface area contributed by atoms with Gasteiger partial charge in [0.1, 0.15) is 0 Å². The maximum atomic E-state index is 11.8. The zero-order chi connectivity index (χ0) is 15.5. The fourth-order valence-electron chi connectivity index (χ4n) is 2.06. The van der Waals surface area contributed by atoms with Crippen LogP contribution in [0.4, 0.5) is 0 Å². The molecule has 0 radical (unpaired) electrons. The van der Waals surface area contributed by atoms with Crippen LogP contribution in [0.2, 0.25) is 5.02 Å². The van der Waals surface area contributed by atoms with E-state index in [0.717, 1.165) is 5.41 Å². The van der Waals surface area contributed by atoms with Gasteiger partial charge in [0.2, 0.25) is 10.0 Å². The molecule has 1 atom stereocenters. The maximum absolute atomic E-state index is 11.8. The van der Waals surface area contributed by atoms with Gasteiger partial charge in [0.15, 0.2) is 9.84 Å². The van der Waals surface area contributed by atoms with Crippen LogP contribution < -0.4 is 4.72 Å². The minimum atomic E-state index is -3.57. The molecule has 21 heavy (non-hydrogen) atoms. The fourth-order valence-corrected chi connectivity index (χ4v) is 4.95. The van der Waals surface area contributed by atoms with Crippen molar-refractivity contribution >= 4 is 37.5 Å². The molecule has 1 aromatic carbocycles. The zero-order valence-corrected chi connectivity index (χ0v) is 13.6. The molecule has 1 unspecified atom stereocenters. The standard InChI is InChI=1S/C13H16ClNO4S2/c14-13-3-1-11(2-4-13)6-8-21(18,19)15-9-12-5-7-20(16,17)10-12/h1-4,6,8,12,15H,5,7,9-10H2/b8-6+. The van der Waals surface area contributed by atoms with Gasteiger partial charge in [-0.05, 0) is 36.1 Å². The van der Waals surface area contributed by atoms with Gasteiger partial charge in [-0.1, -0.05) is 23.7 Å². The summed E-state index contributed by atoms with van der Waals surface area (Å²) in [6, 6.07) is 6.76. The molecule has 1 aromatic rings. The number of sulfone groups is 1. The van der Waals surface area contributed by atoms with Gasteiger partial charge in [-0.25, -0.2) is 21.6 Å². The van der Waals surface area contributed by atoms with Gasteiger partial charge >= 0.3 is 0 Å². The lowest BCUT2D eigenvalue weighted by Crippen LogP contribution is -2.28. The van der Waals surface area contributed by atoms with E-state index >= 15 is 0 Å². The van der Waals surface area contributed by atoms with Gasteiger partial charge in [0, 0.05) is 17.0 Å². The molecule has 0 bridgehead atoms. The SMILES string of the molecule is O=S1(=O)CCC(CNS(=O)(=O)/C=C/c2ccc(Cl)cc2)C1. The van der Waals surface area contributed by atoms with E-state index < -0.39 is 19.9 Å². The van der Waals surface area contributed by atoms with E-state index in [4.69, 9.17) is 11.6 Å². The monoisotopic (exact) mass is 349 g/mol. The number of hydrogen-bond acceptors (Lipinski definition) is 4. The van der Waals surface area contributed by atoms with Crippen LogP contribution in [0.25, 0.3) is 6.08 Å². The molecule has 1 saturated heterocycles. The van der Waals surface area contributed by atoms with Crippen LogP contribution in [0.5, 0.6) is 0 Å². The van der Waals surface area contributed by atoms with Crippen LogP contribution in [-0.4, -0.2) is 34.9 Å². The van der Waals surface area contributed by atoms with Crippen molar-refractivity contribution in [3.05, 3.63) is 40.3 Å². The predicted octanol–water partition coefficient (Wildman–Crippen LogP) is 1.66. The average molecular weight is 350 g/mol. The topological polar surface area (TPSA) is 80.3 Å². The summed E-state index contributed by atoms with van der Waals surface area (Å²) in [5.41, 5.74) is 0.716. The first-order valence-electron chi connectivity index (χ1n) is 6.39. The van der Waals surface area contributed by atoms with E-state index in [9.17, 15) is 16.8 Å². The smallest absolute Gasteiger partial charge is 0.229 e. The van der Waals surface area contributed by atoms with E-state index in [2.05, 4.69) is 4.72 Å². The van der Waals surface area contributed by atoms with Gasteiger partial charge in [-0.2, -0.15) is 0 Å². The molecule has 0 saturated carbocycles. The second kappa shape index (κ2) is 6.48. The van der Waals surface area contributed by atoms with Crippen LogP contribution in [0.3, 0.4) is 0 Å². The summed E-state index contributed by atoms with van der Waals surface area (Å²) in [5, 5.41) is 1.65. The Bertz CT molecular complexity index is 724. The van der Waals surface area contributed by atoms with Crippen LogP contribution in [-0.2, 0) is 19.9 Å². The molecule has 1 N–H and O–H groups in total. The van der Waals surface area contributed by atoms with Crippen molar-refractivity contribution in [3.8, 4) is 0 Å². The van der Waals surface area contributed by atoms with Crippen molar-refractivity contribution in [1.82, 2.24) is 4.72 Å². The summed E-state index contributed by atoms with van der Waals surface area (Å²) in [7, 11) is -6.56. The first-order valence-corrected chi connectivity index (χ1v) is 10.1. The maximum Gasteiger partial charge on any atom is 0.233 e. The molecule has 1 aliphatic rings. The third-order valence-corrected chi connectivity index (χ3v) is 6.36. The van der Waals surface area contributed by atoms with Crippen LogP contribution >= 0.6 is 11.6 Å². The Balaban J connectivity index is 1.91. The van der Waals surface area contributed by atoms with Crippen molar-refractivity contribution in [3.63, 3.8) is 0 Å². The van der Waals surface area contributed by atoms with Gasteiger partial charge in [0.25, 0.3) is 0 Å². The lowest BCUT2D eigenvalue weighted by molar-refractivity contribution is 0.549. The largest absolute Gasteiger partial charge is 0.233 e. The zero-order valence-electron chi connectivity index (χ0n) is 11.2. The Hall–Kier alpha value is -0.890. The van der Waals surface area contributed by atoms with E-state index in [-0.39, 0.29) is 24.0 Å². The molecule has 2 rings (SSSR count). The first-order chi connectivity index (χ1) is 9.76. The molecular weight excluding hydrogens is 334 g/mol. The van der Waals surface area contributed by atoms with Gasteiger partial charge in [0.05, 0.1) is 11.5 Å². The third kappa shape index (κ3) is 5.43. The molecule has 1 heterocycles. The second-order valence-electron chi connectivity index (χ2n) is 5.02. The van der Waals surface area contributed by atoms with Gasteiger partial charge in [-0.3, -0.25) is 0 Å². The summed E-state index contributed by atoms with van der Waals surface area (Å²) in [6.07, 6.45) is 1.97. The van der Waals surface area contributed by atoms with Gasteiger partial charge in [-0.15, -0.1) is 0 Å². The molecule has 0 aromatic heterocycles. The Labute approximate surface area is 130 Å². The minimum absolute atomic E-state index is 0.0520.